The third-order valence-electron chi connectivity index (χ3n) is 3.75. The Hall–Kier alpha value is -1.53. The first-order valence-corrected chi connectivity index (χ1v) is 9.25. The second kappa shape index (κ2) is 8.53. The Morgan fingerprint density at radius 2 is 2.12 bits per heavy atom. The Morgan fingerprint density at radius 1 is 1.38 bits per heavy atom. The molecule has 1 aromatic heterocycles. The zero-order chi connectivity index (χ0) is 17.7. The van der Waals surface area contributed by atoms with Crippen LogP contribution in [0.1, 0.15) is 35.8 Å². The van der Waals surface area contributed by atoms with Gasteiger partial charge in [-0.3, -0.25) is 9.59 Å². The lowest BCUT2D eigenvalue weighted by Crippen LogP contribution is -2.25. The second-order valence-electron chi connectivity index (χ2n) is 5.42. The second-order valence-corrected chi connectivity index (χ2v) is 6.39. The van der Waals surface area contributed by atoms with E-state index in [9.17, 15) is 9.59 Å². The first-order chi connectivity index (χ1) is 11.5. The minimum atomic E-state index is -0.0452. The molecule has 2 aromatic rings. The molecule has 5 nitrogen and oxygen atoms in total. The Bertz CT molecular complexity index is 758. The molecule has 130 valence electrons. The SMILES string of the molecule is CCCC(=O)NCCc1c(C(=O)CBr)[nH]c2cc(Cl)c(OC)cc12. The van der Waals surface area contributed by atoms with Crippen LogP contribution in [0.3, 0.4) is 0 Å². The zero-order valence-corrected chi connectivity index (χ0v) is 16.0. The predicted molar refractivity (Wildman–Crippen MR) is 99.6 cm³/mol. The van der Waals surface area contributed by atoms with Crippen LogP contribution in [0.25, 0.3) is 10.9 Å². The van der Waals surface area contributed by atoms with E-state index in [1.54, 1.807) is 13.2 Å². The molecule has 2 rings (SSSR count). The molecule has 0 saturated carbocycles. The average molecular weight is 416 g/mol. The van der Waals surface area contributed by atoms with E-state index < -0.39 is 0 Å². The lowest BCUT2D eigenvalue weighted by molar-refractivity contribution is -0.121. The third kappa shape index (κ3) is 4.11. The van der Waals surface area contributed by atoms with Crippen LogP contribution in [0.2, 0.25) is 5.02 Å². The first-order valence-electron chi connectivity index (χ1n) is 7.75. The number of ketones is 1. The Morgan fingerprint density at radius 3 is 2.75 bits per heavy atom. The minimum absolute atomic E-state index is 0.0198. The van der Waals surface area contributed by atoms with Crippen LogP contribution in [0.5, 0.6) is 5.75 Å². The summed E-state index contributed by atoms with van der Waals surface area (Å²) in [6.07, 6.45) is 1.86. The van der Waals surface area contributed by atoms with Gasteiger partial charge in [0.15, 0.2) is 5.78 Å². The maximum Gasteiger partial charge on any atom is 0.219 e. The van der Waals surface area contributed by atoms with E-state index in [1.807, 2.05) is 13.0 Å². The third-order valence-corrected chi connectivity index (χ3v) is 4.56. The lowest BCUT2D eigenvalue weighted by Gasteiger charge is -2.07. The van der Waals surface area contributed by atoms with Crippen molar-refractivity contribution in [2.75, 3.05) is 19.0 Å². The van der Waals surface area contributed by atoms with Gasteiger partial charge in [-0.05, 0) is 30.5 Å². The fourth-order valence-electron chi connectivity index (χ4n) is 2.61. The largest absolute Gasteiger partial charge is 0.495 e. The lowest BCUT2D eigenvalue weighted by atomic mass is 10.1. The summed E-state index contributed by atoms with van der Waals surface area (Å²) in [6.45, 7) is 2.43. The molecular weight excluding hydrogens is 396 g/mol. The van der Waals surface area contributed by atoms with Crippen molar-refractivity contribution in [3.05, 3.63) is 28.4 Å². The van der Waals surface area contributed by atoms with Gasteiger partial charge in [-0.25, -0.2) is 0 Å². The minimum Gasteiger partial charge on any atom is -0.495 e. The fourth-order valence-corrected chi connectivity index (χ4v) is 3.14. The number of benzene rings is 1. The van der Waals surface area contributed by atoms with Gasteiger partial charge in [-0.15, -0.1) is 0 Å². The highest BCUT2D eigenvalue weighted by atomic mass is 79.9. The van der Waals surface area contributed by atoms with Crippen molar-refractivity contribution in [2.45, 2.75) is 26.2 Å². The zero-order valence-electron chi connectivity index (χ0n) is 13.7. The number of hydrogen-bond donors (Lipinski definition) is 2. The summed E-state index contributed by atoms with van der Waals surface area (Å²) in [4.78, 5) is 27.0. The van der Waals surface area contributed by atoms with E-state index in [1.165, 1.54) is 0 Å². The molecule has 0 aliphatic heterocycles. The number of carbonyl (C=O) groups excluding carboxylic acids is 2. The van der Waals surface area contributed by atoms with Crippen LogP contribution in [0.4, 0.5) is 0 Å². The van der Waals surface area contributed by atoms with Gasteiger partial charge in [-0.2, -0.15) is 0 Å². The van der Waals surface area contributed by atoms with E-state index >= 15 is 0 Å². The number of alkyl halides is 1. The van der Waals surface area contributed by atoms with Crippen molar-refractivity contribution >= 4 is 50.1 Å². The summed E-state index contributed by atoms with van der Waals surface area (Å²) in [5.41, 5.74) is 2.18. The smallest absolute Gasteiger partial charge is 0.219 e. The molecule has 0 bridgehead atoms. The number of H-pyrrole nitrogens is 1. The molecule has 24 heavy (non-hydrogen) atoms. The molecule has 1 aromatic carbocycles. The number of methoxy groups -OCH3 is 1. The number of rotatable bonds is 8. The summed E-state index contributed by atoms with van der Waals surface area (Å²) in [7, 11) is 1.55. The highest BCUT2D eigenvalue weighted by Gasteiger charge is 2.18. The van der Waals surface area contributed by atoms with Gasteiger partial charge in [0.25, 0.3) is 0 Å². The van der Waals surface area contributed by atoms with Crippen LogP contribution in [-0.4, -0.2) is 35.7 Å². The number of ether oxygens (including phenoxy) is 1. The highest BCUT2D eigenvalue weighted by molar-refractivity contribution is 9.09. The Balaban J connectivity index is 2.36. The quantitative estimate of drug-likeness (QED) is 0.508. The number of halogens is 2. The number of aromatic nitrogens is 1. The molecule has 1 amide bonds. The van der Waals surface area contributed by atoms with Gasteiger partial charge in [0.2, 0.25) is 5.91 Å². The van der Waals surface area contributed by atoms with Gasteiger partial charge in [0, 0.05) is 23.9 Å². The summed E-state index contributed by atoms with van der Waals surface area (Å²) in [5, 5.41) is 4.46. The maximum atomic E-state index is 12.2. The van der Waals surface area contributed by atoms with Crippen LogP contribution >= 0.6 is 27.5 Å². The standard InChI is InChI=1S/C17H20BrClN2O3/c1-3-4-16(23)20-6-5-10-11-7-15(24-2)12(19)8-13(11)21-17(10)14(22)9-18/h7-8,21H,3-6,9H2,1-2H3,(H,20,23). The monoisotopic (exact) mass is 414 g/mol. The van der Waals surface area contributed by atoms with Crippen molar-refractivity contribution < 1.29 is 14.3 Å². The Kier molecular flexibility index (Phi) is 6.69. The van der Waals surface area contributed by atoms with Crippen molar-refractivity contribution in [1.29, 1.82) is 0 Å². The van der Waals surface area contributed by atoms with Crippen LogP contribution in [0.15, 0.2) is 12.1 Å². The van der Waals surface area contributed by atoms with E-state index in [0.717, 1.165) is 22.9 Å². The van der Waals surface area contributed by atoms with Crippen molar-refractivity contribution in [3.8, 4) is 5.75 Å². The molecule has 0 unspecified atom stereocenters. The van der Waals surface area contributed by atoms with Crippen LogP contribution in [0, 0.1) is 0 Å². The van der Waals surface area contributed by atoms with E-state index in [4.69, 9.17) is 16.3 Å². The van der Waals surface area contributed by atoms with E-state index in [2.05, 4.69) is 26.2 Å². The summed E-state index contributed by atoms with van der Waals surface area (Å²) >= 11 is 9.37. The maximum absolute atomic E-state index is 12.2. The number of Topliss-reactive ketones (excluding diaryl/α,β-unsaturated/α-hetero) is 1. The number of hydrogen-bond acceptors (Lipinski definition) is 3. The molecule has 0 fully saturated rings. The van der Waals surface area contributed by atoms with Gasteiger partial charge in [-0.1, -0.05) is 34.5 Å². The molecule has 0 spiro atoms. The van der Waals surface area contributed by atoms with E-state index in [-0.39, 0.29) is 17.0 Å². The number of aromatic amines is 1. The molecule has 0 atom stereocenters. The highest BCUT2D eigenvalue weighted by Crippen LogP contribution is 2.33. The number of fused-ring (bicyclic) bond motifs is 1. The summed E-state index contributed by atoms with van der Waals surface area (Å²) in [5.74, 6) is 0.528. The topological polar surface area (TPSA) is 71.2 Å². The van der Waals surface area contributed by atoms with Crippen LogP contribution in [-0.2, 0) is 11.2 Å². The van der Waals surface area contributed by atoms with Crippen molar-refractivity contribution in [1.82, 2.24) is 10.3 Å². The van der Waals surface area contributed by atoms with Gasteiger partial charge >= 0.3 is 0 Å². The molecule has 7 heteroatoms. The van der Waals surface area contributed by atoms with Crippen molar-refractivity contribution in [3.63, 3.8) is 0 Å². The van der Waals surface area contributed by atoms with Gasteiger partial charge in [0.1, 0.15) is 5.75 Å². The molecule has 0 saturated heterocycles. The first kappa shape index (κ1) is 18.8. The average Bonchev–Trinajstić information content (AvgIpc) is 2.91. The molecule has 2 N–H and O–H groups in total. The Labute approximate surface area is 154 Å². The number of amides is 1. The molecule has 0 aliphatic carbocycles. The van der Waals surface area contributed by atoms with Crippen LogP contribution < -0.4 is 10.1 Å². The molecule has 1 heterocycles. The predicted octanol–water partition coefficient (Wildman–Crippen LogP) is 3.87. The van der Waals surface area contributed by atoms with Crippen molar-refractivity contribution in [2.24, 2.45) is 0 Å². The molecule has 0 aliphatic rings. The fraction of sp³-hybridized carbons (Fsp3) is 0.412. The van der Waals surface area contributed by atoms with Gasteiger partial charge < -0.3 is 15.0 Å². The van der Waals surface area contributed by atoms with Gasteiger partial charge in [0.05, 0.1) is 23.2 Å². The molecular formula is C17H20BrClN2O3. The normalized spacial score (nSPS) is 10.8. The molecule has 0 radical (unpaired) electrons. The number of carbonyl (C=O) groups is 2. The number of nitrogens with one attached hydrogen (secondary N) is 2. The van der Waals surface area contributed by atoms with E-state index in [0.29, 0.717) is 35.9 Å². The summed E-state index contributed by atoms with van der Waals surface area (Å²) in [6, 6.07) is 3.57. The summed E-state index contributed by atoms with van der Waals surface area (Å²) < 4.78 is 5.27.